The van der Waals surface area contributed by atoms with Crippen LogP contribution in [-0.4, -0.2) is 28.0 Å². The van der Waals surface area contributed by atoms with E-state index in [9.17, 15) is 5.11 Å². The van der Waals surface area contributed by atoms with Gasteiger partial charge in [0.1, 0.15) is 0 Å². The Balaban J connectivity index is 1.88. The molecular weight excluding hydrogens is 250 g/mol. The molecule has 1 aromatic heterocycles. The van der Waals surface area contributed by atoms with Gasteiger partial charge in [-0.1, -0.05) is 51.1 Å². The van der Waals surface area contributed by atoms with Crippen molar-refractivity contribution in [1.82, 2.24) is 15.5 Å². The number of H-pyrrole nitrogens is 1. The Morgan fingerprint density at radius 3 is 2.60 bits per heavy atom. The summed E-state index contributed by atoms with van der Waals surface area (Å²) in [5.74, 6) is 0. The normalized spacial score (nSPS) is 13.4. The van der Waals surface area contributed by atoms with Crippen molar-refractivity contribution in [2.45, 2.75) is 33.4 Å². The topological polar surface area (TPSA) is 60.9 Å². The van der Waals surface area contributed by atoms with E-state index in [1.807, 2.05) is 57.2 Å². The predicted octanol–water partition coefficient (Wildman–Crippen LogP) is 2.57. The van der Waals surface area contributed by atoms with Gasteiger partial charge in [-0.05, 0) is 11.5 Å². The summed E-state index contributed by atoms with van der Waals surface area (Å²) in [5.41, 5.74) is 2.96. The van der Waals surface area contributed by atoms with Crippen LogP contribution in [0.4, 0.5) is 0 Å². The van der Waals surface area contributed by atoms with Crippen LogP contribution >= 0.6 is 0 Å². The molecule has 0 bridgehead atoms. The third-order valence-electron chi connectivity index (χ3n) is 3.35. The molecule has 0 spiro atoms. The SMILES string of the molecule is CC(C)(C)C(O)CNCc1cc(-c2ccccc2)n[nH]1. The van der Waals surface area contributed by atoms with Gasteiger partial charge in [0, 0.05) is 24.3 Å². The van der Waals surface area contributed by atoms with Gasteiger partial charge in [0.05, 0.1) is 11.8 Å². The molecule has 0 fully saturated rings. The van der Waals surface area contributed by atoms with Crippen molar-refractivity contribution >= 4 is 0 Å². The van der Waals surface area contributed by atoms with E-state index < -0.39 is 0 Å². The molecule has 0 saturated carbocycles. The lowest BCUT2D eigenvalue weighted by molar-refractivity contribution is 0.0627. The zero-order chi connectivity index (χ0) is 14.6. The Bertz CT molecular complexity index is 528. The van der Waals surface area contributed by atoms with Crippen LogP contribution in [0.1, 0.15) is 26.5 Å². The minimum absolute atomic E-state index is 0.101. The summed E-state index contributed by atoms with van der Waals surface area (Å²) in [4.78, 5) is 0. The monoisotopic (exact) mass is 273 g/mol. The maximum Gasteiger partial charge on any atom is 0.0924 e. The molecule has 4 heteroatoms. The number of nitrogens with zero attached hydrogens (tertiary/aromatic N) is 1. The molecule has 108 valence electrons. The molecule has 0 amide bonds. The third-order valence-corrected chi connectivity index (χ3v) is 3.35. The van der Waals surface area contributed by atoms with Gasteiger partial charge in [-0.2, -0.15) is 5.10 Å². The second kappa shape index (κ2) is 6.20. The Kier molecular flexibility index (Phi) is 4.57. The molecule has 3 N–H and O–H groups in total. The quantitative estimate of drug-likeness (QED) is 0.784. The van der Waals surface area contributed by atoms with Gasteiger partial charge in [-0.25, -0.2) is 0 Å². The van der Waals surface area contributed by atoms with E-state index in [1.165, 1.54) is 0 Å². The van der Waals surface area contributed by atoms with Gasteiger partial charge >= 0.3 is 0 Å². The molecule has 2 aromatic rings. The number of benzene rings is 1. The summed E-state index contributed by atoms with van der Waals surface area (Å²) < 4.78 is 0. The highest BCUT2D eigenvalue weighted by atomic mass is 16.3. The van der Waals surface area contributed by atoms with Crippen molar-refractivity contribution in [2.75, 3.05) is 6.54 Å². The Morgan fingerprint density at radius 2 is 1.95 bits per heavy atom. The van der Waals surface area contributed by atoms with Crippen molar-refractivity contribution in [2.24, 2.45) is 5.41 Å². The molecule has 1 heterocycles. The van der Waals surface area contributed by atoms with Crippen LogP contribution in [0.2, 0.25) is 0 Å². The smallest absolute Gasteiger partial charge is 0.0924 e. The average Bonchev–Trinajstić information content (AvgIpc) is 2.87. The number of aromatic nitrogens is 2. The number of rotatable bonds is 5. The van der Waals surface area contributed by atoms with Crippen molar-refractivity contribution in [3.63, 3.8) is 0 Å². The van der Waals surface area contributed by atoms with E-state index in [0.717, 1.165) is 17.0 Å². The number of nitrogens with one attached hydrogen (secondary N) is 2. The van der Waals surface area contributed by atoms with E-state index in [1.54, 1.807) is 0 Å². The van der Waals surface area contributed by atoms with Gasteiger partial charge < -0.3 is 10.4 Å². The maximum atomic E-state index is 9.96. The molecule has 0 aliphatic heterocycles. The van der Waals surface area contributed by atoms with E-state index >= 15 is 0 Å². The van der Waals surface area contributed by atoms with Gasteiger partial charge in [0.25, 0.3) is 0 Å². The first-order valence-electron chi connectivity index (χ1n) is 6.95. The fraction of sp³-hybridized carbons (Fsp3) is 0.438. The van der Waals surface area contributed by atoms with E-state index in [0.29, 0.717) is 13.1 Å². The molecule has 0 radical (unpaired) electrons. The van der Waals surface area contributed by atoms with Gasteiger partial charge in [0.2, 0.25) is 0 Å². The highest BCUT2D eigenvalue weighted by Gasteiger charge is 2.21. The highest BCUT2D eigenvalue weighted by molar-refractivity contribution is 5.58. The van der Waals surface area contributed by atoms with Crippen LogP contribution in [0, 0.1) is 5.41 Å². The molecule has 0 aliphatic rings. The van der Waals surface area contributed by atoms with E-state index in [4.69, 9.17) is 0 Å². The van der Waals surface area contributed by atoms with Crippen LogP contribution in [-0.2, 0) is 6.54 Å². The standard InChI is InChI=1S/C16H23N3O/c1-16(2,3)15(20)11-17-10-13-9-14(19-18-13)12-7-5-4-6-8-12/h4-9,15,17,20H,10-11H2,1-3H3,(H,18,19). The minimum atomic E-state index is -0.362. The minimum Gasteiger partial charge on any atom is -0.391 e. The van der Waals surface area contributed by atoms with Crippen molar-refractivity contribution < 1.29 is 5.11 Å². The van der Waals surface area contributed by atoms with Crippen molar-refractivity contribution in [3.8, 4) is 11.3 Å². The first-order chi connectivity index (χ1) is 9.47. The average molecular weight is 273 g/mol. The summed E-state index contributed by atoms with van der Waals surface area (Å²) >= 11 is 0. The molecule has 1 atom stereocenters. The van der Waals surface area contributed by atoms with Crippen molar-refractivity contribution in [3.05, 3.63) is 42.1 Å². The van der Waals surface area contributed by atoms with Crippen LogP contribution in [0.5, 0.6) is 0 Å². The van der Waals surface area contributed by atoms with Gasteiger partial charge in [-0.3, -0.25) is 5.10 Å². The molecular formula is C16H23N3O. The third kappa shape index (κ3) is 3.92. The number of aliphatic hydroxyl groups is 1. The lowest BCUT2D eigenvalue weighted by Crippen LogP contribution is -2.36. The molecule has 20 heavy (non-hydrogen) atoms. The van der Waals surface area contributed by atoms with Crippen molar-refractivity contribution in [1.29, 1.82) is 0 Å². The number of aromatic amines is 1. The molecule has 1 unspecified atom stereocenters. The fourth-order valence-corrected chi connectivity index (χ4v) is 1.86. The Labute approximate surface area is 120 Å². The molecule has 4 nitrogen and oxygen atoms in total. The van der Waals surface area contributed by atoms with Crippen LogP contribution in [0.25, 0.3) is 11.3 Å². The first-order valence-corrected chi connectivity index (χ1v) is 6.95. The first kappa shape index (κ1) is 14.8. The number of hydrogen-bond acceptors (Lipinski definition) is 3. The predicted molar refractivity (Wildman–Crippen MR) is 81.2 cm³/mol. The zero-order valence-electron chi connectivity index (χ0n) is 12.4. The van der Waals surface area contributed by atoms with Gasteiger partial charge in [-0.15, -0.1) is 0 Å². The summed E-state index contributed by atoms with van der Waals surface area (Å²) in [6.45, 7) is 7.34. The second-order valence-corrected chi connectivity index (χ2v) is 6.16. The molecule has 0 aliphatic carbocycles. The Morgan fingerprint density at radius 1 is 1.25 bits per heavy atom. The fourth-order valence-electron chi connectivity index (χ4n) is 1.86. The largest absolute Gasteiger partial charge is 0.391 e. The van der Waals surface area contributed by atoms with Crippen LogP contribution < -0.4 is 5.32 Å². The van der Waals surface area contributed by atoms with E-state index in [-0.39, 0.29) is 11.5 Å². The number of hydrogen-bond donors (Lipinski definition) is 3. The zero-order valence-corrected chi connectivity index (χ0v) is 12.4. The molecule has 0 saturated heterocycles. The number of aliphatic hydroxyl groups excluding tert-OH is 1. The molecule has 2 rings (SSSR count). The maximum absolute atomic E-state index is 9.96. The summed E-state index contributed by atoms with van der Waals surface area (Å²) in [6, 6.07) is 12.1. The summed E-state index contributed by atoms with van der Waals surface area (Å²) in [5, 5.41) is 20.5. The lowest BCUT2D eigenvalue weighted by atomic mass is 9.89. The van der Waals surface area contributed by atoms with Gasteiger partial charge in [0.15, 0.2) is 0 Å². The van der Waals surface area contributed by atoms with E-state index in [2.05, 4.69) is 15.5 Å². The highest BCUT2D eigenvalue weighted by Crippen LogP contribution is 2.19. The molecule has 1 aromatic carbocycles. The summed E-state index contributed by atoms with van der Waals surface area (Å²) in [7, 11) is 0. The lowest BCUT2D eigenvalue weighted by Gasteiger charge is -2.25. The summed E-state index contributed by atoms with van der Waals surface area (Å²) in [6.07, 6.45) is -0.362. The second-order valence-electron chi connectivity index (χ2n) is 6.16. The Hall–Kier alpha value is -1.65. The van der Waals surface area contributed by atoms with Crippen LogP contribution in [0.15, 0.2) is 36.4 Å². The van der Waals surface area contributed by atoms with Crippen LogP contribution in [0.3, 0.4) is 0 Å².